The molecule has 7 nitrogen and oxygen atoms in total. The highest BCUT2D eigenvalue weighted by molar-refractivity contribution is 5.98. The first-order valence-electron chi connectivity index (χ1n) is 11.2. The number of carbonyl (C=O) groups is 1. The van der Waals surface area contributed by atoms with Crippen LogP contribution in [0.25, 0.3) is 16.7 Å². The molecule has 32 heavy (non-hydrogen) atoms. The van der Waals surface area contributed by atoms with E-state index in [1.54, 1.807) is 22.9 Å². The Labute approximate surface area is 187 Å². The standard InChI is InChI=1S/C24H30FN5O2/c1-15(2)22-21-20(29-11-5-10-28(12-13-29)16(3)4)14-19(24(31)32)26-23(21)30(27-22)18-8-6-17(25)7-9-18/h6-9,14-16H,5,10-13H2,1-4H3,(H,31,32). The Kier molecular flexibility index (Phi) is 6.15. The van der Waals surface area contributed by atoms with E-state index in [1.807, 2.05) is 0 Å². The normalized spacial score (nSPS) is 15.7. The van der Waals surface area contributed by atoms with E-state index in [-0.39, 0.29) is 17.4 Å². The molecule has 0 unspecified atom stereocenters. The summed E-state index contributed by atoms with van der Waals surface area (Å²) in [4.78, 5) is 21.1. The van der Waals surface area contributed by atoms with Gasteiger partial charge in [-0.05, 0) is 56.5 Å². The number of aromatic nitrogens is 3. The number of benzene rings is 1. The number of hydrogen-bond acceptors (Lipinski definition) is 5. The molecule has 3 heterocycles. The summed E-state index contributed by atoms with van der Waals surface area (Å²) in [5, 5.41) is 15.5. The van der Waals surface area contributed by atoms with Crippen molar-refractivity contribution >= 4 is 22.7 Å². The monoisotopic (exact) mass is 439 g/mol. The van der Waals surface area contributed by atoms with Crippen LogP contribution in [0.1, 0.15) is 56.2 Å². The Morgan fingerprint density at radius 1 is 1.06 bits per heavy atom. The maximum atomic E-state index is 13.5. The van der Waals surface area contributed by atoms with E-state index >= 15 is 0 Å². The number of pyridine rings is 1. The Morgan fingerprint density at radius 3 is 2.41 bits per heavy atom. The molecule has 0 atom stereocenters. The highest BCUT2D eigenvalue weighted by Crippen LogP contribution is 2.35. The molecule has 0 aliphatic carbocycles. The second-order valence-corrected chi connectivity index (χ2v) is 8.93. The van der Waals surface area contributed by atoms with Gasteiger partial charge in [-0.3, -0.25) is 4.90 Å². The molecule has 1 saturated heterocycles. The van der Waals surface area contributed by atoms with Gasteiger partial charge >= 0.3 is 5.97 Å². The quantitative estimate of drug-likeness (QED) is 0.639. The molecule has 0 spiro atoms. The minimum Gasteiger partial charge on any atom is -0.477 e. The molecule has 170 valence electrons. The Hall–Kier alpha value is -3.00. The molecule has 8 heteroatoms. The van der Waals surface area contributed by atoms with Crippen LogP contribution in [-0.4, -0.2) is 63.0 Å². The molecule has 2 aromatic heterocycles. The highest BCUT2D eigenvalue weighted by atomic mass is 19.1. The highest BCUT2D eigenvalue weighted by Gasteiger charge is 2.26. The van der Waals surface area contributed by atoms with Crippen LogP contribution in [0.4, 0.5) is 10.1 Å². The third-order valence-corrected chi connectivity index (χ3v) is 6.08. The van der Waals surface area contributed by atoms with Crippen molar-refractivity contribution in [3.8, 4) is 5.69 Å². The van der Waals surface area contributed by atoms with Crippen LogP contribution in [0.15, 0.2) is 30.3 Å². The number of carboxylic acids is 1. The second kappa shape index (κ2) is 8.86. The van der Waals surface area contributed by atoms with Crippen LogP contribution in [0, 0.1) is 5.82 Å². The minimum atomic E-state index is -1.08. The predicted molar refractivity (Wildman–Crippen MR) is 123 cm³/mol. The van der Waals surface area contributed by atoms with Crippen LogP contribution >= 0.6 is 0 Å². The summed E-state index contributed by atoms with van der Waals surface area (Å²) < 4.78 is 15.2. The maximum Gasteiger partial charge on any atom is 0.354 e. The fourth-order valence-electron chi connectivity index (χ4n) is 4.34. The molecule has 1 fully saturated rings. The van der Waals surface area contributed by atoms with E-state index in [9.17, 15) is 14.3 Å². The van der Waals surface area contributed by atoms with Crippen LogP contribution < -0.4 is 4.90 Å². The zero-order valence-corrected chi connectivity index (χ0v) is 19.0. The van der Waals surface area contributed by atoms with Crippen LogP contribution in [-0.2, 0) is 0 Å². The van der Waals surface area contributed by atoms with Gasteiger partial charge < -0.3 is 10.0 Å². The summed E-state index contributed by atoms with van der Waals surface area (Å²) in [5.41, 5.74) is 2.83. The summed E-state index contributed by atoms with van der Waals surface area (Å²) >= 11 is 0. The van der Waals surface area contributed by atoms with Gasteiger partial charge in [0.15, 0.2) is 11.3 Å². The van der Waals surface area contributed by atoms with E-state index in [0.29, 0.717) is 17.4 Å². The van der Waals surface area contributed by atoms with E-state index in [4.69, 9.17) is 5.10 Å². The molecular formula is C24H30FN5O2. The fraction of sp³-hybridized carbons (Fsp3) is 0.458. The van der Waals surface area contributed by atoms with E-state index < -0.39 is 5.97 Å². The summed E-state index contributed by atoms with van der Waals surface area (Å²) in [6, 6.07) is 8.15. The number of hydrogen-bond donors (Lipinski definition) is 1. The van der Waals surface area contributed by atoms with Crippen molar-refractivity contribution in [3.63, 3.8) is 0 Å². The third kappa shape index (κ3) is 4.19. The summed E-state index contributed by atoms with van der Waals surface area (Å²) in [7, 11) is 0. The van der Waals surface area contributed by atoms with Gasteiger partial charge in [-0.1, -0.05) is 13.8 Å². The molecule has 1 N–H and O–H groups in total. The lowest BCUT2D eigenvalue weighted by atomic mass is 10.0. The van der Waals surface area contributed by atoms with Gasteiger partial charge in [-0.2, -0.15) is 5.10 Å². The predicted octanol–water partition coefficient (Wildman–Crippen LogP) is 4.30. The van der Waals surface area contributed by atoms with Crippen molar-refractivity contribution in [3.05, 3.63) is 47.5 Å². The van der Waals surface area contributed by atoms with Crippen molar-refractivity contribution in [1.29, 1.82) is 0 Å². The molecule has 0 amide bonds. The lowest BCUT2D eigenvalue weighted by Gasteiger charge is -2.26. The zero-order valence-electron chi connectivity index (χ0n) is 19.0. The molecular weight excluding hydrogens is 409 g/mol. The van der Waals surface area contributed by atoms with Crippen LogP contribution in [0.3, 0.4) is 0 Å². The maximum absolute atomic E-state index is 13.5. The van der Waals surface area contributed by atoms with Gasteiger partial charge in [-0.25, -0.2) is 18.9 Å². The average molecular weight is 440 g/mol. The van der Waals surface area contributed by atoms with Gasteiger partial charge in [0.2, 0.25) is 0 Å². The van der Waals surface area contributed by atoms with Gasteiger partial charge in [-0.15, -0.1) is 0 Å². The average Bonchev–Trinajstić information content (AvgIpc) is 2.96. The Morgan fingerprint density at radius 2 is 1.78 bits per heavy atom. The topological polar surface area (TPSA) is 74.5 Å². The number of nitrogens with zero attached hydrogens (tertiary/aromatic N) is 5. The van der Waals surface area contributed by atoms with Crippen LogP contribution in [0.5, 0.6) is 0 Å². The summed E-state index contributed by atoms with van der Waals surface area (Å²) in [6.07, 6.45) is 0.994. The number of anilines is 1. The smallest absolute Gasteiger partial charge is 0.354 e. The molecule has 1 aliphatic heterocycles. The molecule has 0 saturated carbocycles. The largest absolute Gasteiger partial charge is 0.477 e. The molecule has 0 radical (unpaired) electrons. The van der Waals surface area contributed by atoms with Crippen molar-refractivity contribution in [1.82, 2.24) is 19.7 Å². The first kappa shape index (κ1) is 22.2. The van der Waals surface area contributed by atoms with Gasteiger partial charge in [0.1, 0.15) is 5.82 Å². The summed E-state index contributed by atoms with van der Waals surface area (Å²) in [6.45, 7) is 12.1. The first-order chi connectivity index (χ1) is 15.3. The van der Waals surface area contributed by atoms with Crippen LogP contribution in [0.2, 0.25) is 0 Å². The lowest BCUT2D eigenvalue weighted by molar-refractivity contribution is 0.0691. The zero-order chi connectivity index (χ0) is 23.0. The fourth-order valence-corrected chi connectivity index (χ4v) is 4.34. The number of aromatic carboxylic acids is 1. The number of halogens is 1. The number of fused-ring (bicyclic) bond motifs is 1. The second-order valence-electron chi connectivity index (χ2n) is 8.93. The van der Waals surface area contributed by atoms with Gasteiger partial charge in [0, 0.05) is 32.2 Å². The van der Waals surface area contributed by atoms with Gasteiger partial charge in [0.25, 0.3) is 0 Å². The summed E-state index contributed by atoms with van der Waals surface area (Å²) in [5.74, 6) is -1.31. The van der Waals surface area contributed by atoms with Gasteiger partial charge in [0.05, 0.1) is 22.5 Å². The molecule has 0 bridgehead atoms. The molecule has 4 rings (SSSR count). The van der Waals surface area contributed by atoms with Crippen molar-refractivity contribution < 1.29 is 14.3 Å². The number of rotatable bonds is 5. The lowest BCUT2D eigenvalue weighted by Crippen LogP contribution is -2.35. The van der Waals surface area contributed by atoms with Crippen molar-refractivity contribution in [2.24, 2.45) is 0 Å². The Bertz CT molecular complexity index is 1120. The third-order valence-electron chi connectivity index (χ3n) is 6.08. The molecule has 3 aromatic rings. The van der Waals surface area contributed by atoms with E-state index in [0.717, 1.165) is 49.4 Å². The molecule has 1 aromatic carbocycles. The number of carboxylic acid groups (broad SMARTS) is 1. The van der Waals surface area contributed by atoms with E-state index in [2.05, 4.69) is 42.5 Å². The first-order valence-corrected chi connectivity index (χ1v) is 11.2. The SMILES string of the molecule is CC(C)c1nn(-c2ccc(F)cc2)c2nc(C(=O)O)cc(N3CCCN(C(C)C)CC3)c12. The molecule has 1 aliphatic rings. The van der Waals surface area contributed by atoms with Crippen molar-refractivity contribution in [2.45, 2.75) is 46.1 Å². The Balaban J connectivity index is 1.92. The van der Waals surface area contributed by atoms with E-state index in [1.165, 1.54) is 12.1 Å². The van der Waals surface area contributed by atoms with Crippen molar-refractivity contribution in [2.75, 3.05) is 31.1 Å². The minimum absolute atomic E-state index is 0.0176.